The van der Waals surface area contributed by atoms with Crippen molar-refractivity contribution in [2.45, 2.75) is 32.7 Å². The maximum atomic E-state index is 5.96. The van der Waals surface area contributed by atoms with Gasteiger partial charge in [0, 0.05) is 13.1 Å². The lowest BCUT2D eigenvalue weighted by atomic mass is 10.2. The second kappa shape index (κ2) is 5.04. The quantitative estimate of drug-likeness (QED) is 0.723. The minimum Gasteiger partial charge on any atom is -0.370 e. The van der Waals surface area contributed by atoms with E-state index < -0.39 is 0 Å². The van der Waals surface area contributed by atoms with E-state index in [1.165, 1.54) is 12.8 Å². The van der Waals surface area contributed by atoms with Gasteiger partial charge in [0.15, 0.2) is 5.96 Å². The number of hydrogen-bond donors (Lipinski definition) is 1. The molecule has 2 N–H and O–H groups in total. The molecule has 0 radical (unpaired) electrons. The summed E-state index contributed by atoms with van der Waals surface area (Å²) in [7, 11) is 0. The average molecular weight is 224 g/mol. The molecule has 1 aliphatic heterocycles. The first-order valence-corrected chi connectivity index (χ1v) is 6.55. The molecule has 4 nitrogen and oxygen atoms in total. The fourth-order valence-electron chi connectivity index (χ4n) is 2.50. The molecule has 4 heteroatoms. The number of nitrogens with two attached hydrogens (primary N) is 1. The molecule has 0 aromatic carbocycles. The molecule has 0 spiro atoms. The van der Waals surface area contributed by atoms with Crippen molar-refractivity contribution in [2.24, 2.45) is 16.6 Å². The minimum atomic E-state index is 0.607. The SMILES string of the molecule is CCN(CC)CCN1C(N)=NCC1C1CC1. The van der Waals surface area contributed by atoms with E-state index in [1.807, 2.05) is 0 Å². The second-order valence-corrected chi connectivity index (χ2v) is 4.82. The van der Waals surface area contributed by atoms with E-state index in [1.54, 1.807) is 0 Å². The van der Waals surface area contributed by atoms with Gasteiger partial charge in [0.25, 0.3) is 0 Å². The van der Waals surface area contributed by atoms with Crippen LogP contribution >= 0.6 is 0 Å². The van der Waals surface area contributed by atoms with Crippen LogP contribution in [0.4, 0.5) is 0 Å². The van der Waals surface area contributed by atoms with E-state index in [-0.39, 0.29) is 0 Å². The Hall–Kier alpha value is -0.770. The van der Waals surface area contributed by atoms with Crippen LogP contribution in [-0.2, 0) is 0 Å². The van der Waals surface area contributed by atoms with Crippen LogP contribution in [0.5, 0.6) is 0 Å². The zero-order valence-electron chi connectivity index (χ0n) is 10.5. The fraction of sp³-hybridized carbons (Fsp3) is 0.917. The summed E-state index contributed by atoms with van der Waals surface area (Å²) < 4.78 is 0. The summed E-state index contributed by atoms with van der Waals surface area (Å²) in [6, 6.07) is 0.607. The predicted octanol–water partition coefficient (Wildman–Crippen LogP) is 0.737. The highest BCUT2D eigenvalue weighted by Crippen LogP contribution is 2.36. The number of rotatable bonds is 6. The summed E-state index contributed by atoms with van der Waals surface area (Å²) in [5, 5.41) is 0. The smallest absolute Gasteiger partial charge is 0.191 e. The zero-order valence-corrected chi connectivity index (χ0v) is 10.5. The average Bonchev–Trinajstić information content (AvgIpc) is 3.06. The fourth-order valence-corrected chi connectivity index (χ4v) is 2.50. The van der Waals surface area contributed by atoms with Crippen LogP contribution in [0, 0.1) is 5.92 Å². The third-order valence-electron chi connectivity index (χ3n) is 3.85. The Bertz CT molecular complexity index is 256. The van der Waals surface area contributed by atoms with Crippen molar-refractivity contribution in [1.29, 1.82) is 0 Å². The van der Waals surface area contributed by atoms with Gasteiger partial charge in [-0.15, -0.1) is 0 Å². The van der Waals surface area contributed by atoms with Crippen LogP contribution in [0.15, 0.2) is 4.99 Å². The van der Waals surface area contributed by atoms with Crippen molar-refractivity contribution in [1.82, 2.24) is 9.80 Å². The molecule has 2 aliphatic rings. The second-order valence-electron chi connectivity index (χ2n) is 4.82. The molecular weight excluding hydrogens is 200 g/mol. The lowest BCUT2D eigenvalue weighted by Crippen LogP contribution is -2.45. The van der Waals surface area contributed by atoms with Crippen molar-refractivity contribution >= 4 is 5.96 Å². The first kappa shape index (κ1) is 11.7. The number of aliphatic imine (C=N–C) groups is 1. The van der Waals surface area contributed by atoms with Gasteiger partial charge in [-0.25, -0.2) is 0 Å². The van der Waals surface area contributed by atoms with Crippen LogP contribution in [0.25, 0.3) is 0 Å². The summed E-state index contributed by atoms with van der Waals surface area (Å²) >= 11 is 0. The summed E-state index contributed by atoms with van der Waals surface area (Å²) in [6.45, 7) is 9.73. The number of nitrogens with zero attached hydrogens (tertiary/aromatic N) is 3. The van der Waals surface area contributed by atoms with Gasteiger partial charge < -0.3 is 15.5 Å². The lowest BCUT2D eigenvalue weighted by molar-refractivity contribution is 0.237. The van der Waals surface area contributed by atoms with Gasteiger partial charge >= 0.3 is 0 Å². The Morgan fingerprint density at radius 3 is 2.62 bits per heavy atom. The van der Waals surface area contributed by atoms with Crippen molar-refractivity contribution in [3.8, 4) is 0 Å². The molecule has 16 heavy (non-hydrogen) atoms. The number of guanidine groups is 1. The Labute approximate surface area is 98.5 Å². The zero-order chi connectivity index (χ0) is 11.5. The highest BCUT2D eigenvalue weighted by molar-refractivity contribution is 5.80. The molecule has 2 rings (SSSR count). The molecule has 0 aromatic rings. The maximum absolute atomic E-state index is 5.96. The Morgan fingerprint density at radius 1 is 1.38 bits per heavy atom. The molecule has 1 fully saturated rings. The normalized spacial score (nSPS) is 25.3. The minimum absolute atomic E-state index is 0.607. The van der Waals surface area contributed by atoms with Crippen molar-refractivity contribution < 1.29 is 0 Å². The van der Waals surface area contributed by atoms with Gasteiger partial charge in [-0.05, 0) is 31.8 Å². The van der Waals surface area contributed by atoms with Gasteiger partial charge in [-0.3, -0.25) is 4.99 Å². The standard InChI is InChI=1S/C12H24N4/c1-3-15(4-2)7-8-16-11(10-5-6-10)9-14-12(16)13/h10-11H,3-9H2,1-2H3,(H2,13,14). The van der Waals surface area contributed by atoms with E-state index >= 15 is 0 Å². The topological polar surface area (TPSA) is 44.9 Å². The van der Waals surface area contributed by atoms with Crippen LogP contribution in [0.3, 0.4) is 0 Å². The highest BCUT2D eigenvalue weighted by atomic mass is 15.3. The van der Waals surface area contributed by atoms with E-state index in [0.717, 1.165) is 44.6 Å². The molecule has 1 unspecified atom stereocenters. The summed E-state index contributed by atoms with van der Waals surface area (Å²) in [5.41, 5.74) is 5.96. The summed E-state index contributed by atoms with van der Waals surface area (Å²) in [4.78, 5) is 9.16. The molecule has 0 bridgehead atoms. The molecular formula is C12H24N4. The third-order valence-corrected chi connectivity index (χ3v) is 3.85. The van der Waals surface area contributed by atoms with Gasteiger partial charge in [0.05, 0.1) is 12.6 Å². The van der Waals surface area contributed by atoms with Crippen LogP contribution in [-0.4, -0.2) is 54.5 Å². The number of hydrogen-bond acceptors (Lipinski definition) is 4. The molecule has 0 aromatic heterocycles. The first-order chi connectivity index (χ1) is 7.76. The molecule has 1 heterocycles. The van der Waals surface area contributed by atoms with Crippen LogP contribution < -0.4 is 5.73 Å². The van der Waals surface area contributed by atoms with Gasteiger partial charge in [0.2, 0.25) is 0 Å². The largest absolute Gasteiger partial charge is 0.370 e. The van der Waals surface area contributed by atoms with Crippen LogP contribution in [0.1, 0.15) is 26.7 Å². The van der Waals surface area contributed by atoms with Crippen molar-refractivity contribution in [2.75, 3.05) is 32.7 Å². The molecule has 0 amide bonds. The van der Waals surface area contributed by atoms with Gasteiger partial charge in [-0.2, -0.15) is 0 Å². The Balaban J connectivity index is 1.83. The first-order valence-electron chi connectivity index (χ1n) is 6.55. The Morgan fingerprint density at radius 2 is 2.06 bits per heavy atom. The molecule has 1 atom stereocenters. The summed E-state index contributed by atoms with van der Waals surface area (Å²) in [5.74, 6) is 1.63. The summed E-state index contributed by atoms with van der Waals surface area (Å²) in [6.07, 6.45) is 2.74. The lowest BCUT2D eigenvalue weighted by Gasteiger charge is -2.29. The maximum Gasteiger partial charge on any atom is 0.191 e. The predicted molar refractivity (Wildman–Crippen MR) is 67.5 cm³/mol. The van der Waals surface area contributed by atoms with E-state index in [4.69, 9.17) is 5.73 Å². The van der Waals surface area contributed by atoms with E-state index in [0.29, 0.717) is 6.04 Å². The molecule has 92 valence electrons. The molecule has 1 aliphatic carbocycles. The molecule has 0 saturated heterocycles. The van der Waals surface area contributed by atoms with Gasteiger partial charge in [0.1, 0.15) is 0 Å². The van der Waals surface area contributed by atoms with Crippen molar-refractivity contribution in [3.63, 3.8) is 0 Å². The monoisotopic (exact) mass is 224 g/mol. The number of likely N-dealkylation sites (N-methyl/N-ethyl adjacent to an activating group) is 1. The van der Waals surface area contributed by atoms with Crippen molar-refractivity contribution in [3.05, 3.63) is 0 Å². The third kappa shape index (κ3) is 2.48. The van der Waals surface area contributed by atoms with Gasteiger partial charge in [-0.1, -0.05) is 13.8 Å². The van der Waals surface area contributed by atoms with E-state index in [9.17, 15) is 0 Å². The molecule has 1 saturated carbocycles. The van der Waals surface area contributed by atoms with Crippen LogP contribution in [0.2, 0.25) is 0 Å². The van der Waals surface area contributed by atoms with E-state index in [2.05, 4.69) is 28.6 Å². The highest BCUT2D eigenvalue weighted by Gasteiger charge is 2.38. The Kier molecular flexibility index (Phi) is 3.69.